The second-order valence-electron chi connectivity index (χ2n) is 2.83. The second-order valence-corrected chi connectivity index (χ2v) is 2.83. The van der Waals surface area contributed by atoms with Crippen molar-refractivity contribution in [3.63, 3.8) is 0 Å². The van der Waals surface area contributed by atoms with Gasteiger partial charge in [-0.3, -0.25) is 4.98 Å². The molecule has 0 saturated heterocycles. The van der Waals surface area contributed by atoms with Gasteiger partial charge in [-0.2, -0.15) is 0 Å². The highest BCUT2D eigenvalue weighted by Gasteiger charge is 2.07. The molecule has 2 rings (SSSR count). The molecule has 0 amide bonds. The molecule has 0 radical (unpaired) electrons. The molecular weight excluding hydrogens is 148 g/mol. The van der Waals surface area contributed by atoms with Gasteiger partial charge in [-0.1, -0.05) is 12.1 Å². The van der Waals surface area contributed by atoms with Crippen LogP contribution in [-0.4, -0.2) is 4.98 Å². The molecule has 0 unspecified atom stereocenters. The number of rotatable bonds is 1. The molecular formula is C10H10N2. The van der Waals surface area contributed by atoms with E-state index in [1.54, 1.807) is 6.20 Å². The first-order chi connectivity index (χ1) is 5.86. The zero-order valence-electron chi connectivity index (χ0n) is 6.70. The molecule has 2 nitrogen and oxygen atoms in total. The summed E-state index contributed by atoms with van der Waals surface area (Å²) in [6.45, 7) is 0. The highest BCUT2D eigenvalue weighted by atomic mass is 14.7. The summed E-state index contributed by atoms with van der Waals surface area (Å²) in [4.78, 5) is 4.24. The molecule has 1 aliphatic rings. The van der Waals surface area contributed by atoms with E-state index < -0.39 is 0 Å². The minimum atomic E-state index is 0.830. The maximum Gasteiger partial charge on any atom is 0.0665 e. The first-order valence-corrected chi connectivity index (χ1v) is 3.93. The third-order valence-corrected chi connectivity index (χ3v) is 1.89. The maximum absolute atomic E-state index is 5.64. The molecule has 2 heteroatoms. The van der Waals surface area contributed by atoms with Crippen LogP contribution in [0.1, 0.15) is 12.1 Å². The molecule has 0 atom stereocenters. The predicted octanol–water partition coefficient (Wildman–Crippen LogP) is 1.71. The Kier molecular flexibility index (Phi) is 1.67. The summed E-state index contributed by atoms with van der Waals surface area (Å²) in [5.41, 5.74) is 8.78. The van der Waals surface area contributed by atoms with Gasteiger partial charge < -0.3 is 5.73 Å². The SMILES string of the molecule is NC1=CC=C(c2ccccn2)C1. The van der Waals surface area contributed by atoms with Gasteiger partial charge in [-0.25, -0.2) is 0 Å². The van der Waals surface area contributed by atoms with Gasteiger partial charge >= 0.3 is 0 Å². The van der Waals surface area contributed by atoms with Crippen LogP contribution in [0.3, 0.4) is 0 Å². The van der Waals surface area contributed by atoms with Crippen molar-refractivity contribution in [3.05, 3.63) is 47.9 Å². The number of hydrogen-bond acceptors (Lipinski definition) is 2. The number of pyridine rings is 1. The number of hydrogen-bond donors (Lipinski definition) is 1. The van der Waals surface area contributed by atoms with Crippen LogP contribution in [0.4, 0.5) is 0 Å². The van der Waals surface area contributed by atoms with E-state index in [2.05, 4.69) is 4.98 Å². The van der Waals surface area contributed by atoms with E-state index in [0.717, 1.165) is 17.8 Å². The van der Waals surface area contributed by atoms with Crippen molar-refractivity contribution in [2.24, 2.45) is 5.73 Å². The highest BCUT2D eigenvalue weighted by Crippen LogP contribution is 2.23. The molecule has 0 aromatic carbocycles. The van der Waals surface area contributed by atoms with Crippen LogP contribution >= 0.6 is 0 Å². The largest absolute Gasteiger partial charge is 0.402 e. The molecule has 12 heavy (non-hydrogen) atoms. The van der Waals surface area contributed by atoms with Crippen LogP contribution in [0.25, 0.3) is 5.57 Å². The third kappa shape index (κ3) is 1.23. The smallest absolute Gasteiger partial charge is 0.0665 e. The Balaban J connectivity index is 2.25. The van der Waals surface area contributed by atoms with E-state index in [1.807, 2.05) is 30.4 Å². The second kappa shape index (κ2) is 2.81. The van der Waals surface area contributed by atoms with Crippen LogP contribution in [0.2, 0.25) is 0 Å². The van der Waals surface area contributed by atoms with Gasteiger partial charge in [-0.15, -0.1) is 0 Å². The van der Waals surface area contributed by atoms with Crippen molar-refractivity contribution >= 4 is 5.57 Å². The van der Waals surface area contributed by atoms with Gasteiger partial charge in [0.1, 0.15) is 0 Å². The molecule has 1 aromatic heterocycles. The minimum Gasteiger partial charge on any atom is -0.402 e. The molecule has 0 spiro atoms. The summed E-state index contributed by atoms with van der Waals surface area (Å²) in [5, 5.41) is 0. The molecule has 1 aromatic rings. The minimum absolute atomic E-state index is 0.830. The van der Waals surface area contributed by atoms with E-state index in [9.17, 15) is 0 Å². The van der Waals surface area contributed by atoms with Gasteiger partial charge in [0.15, 0.2) is 0 Å². The Bertz CT molecular complexity index is 336. The van der Waals surface area contributed by atoms with E-state index in [-0.39, 0.29) is 0 Å². The summed E-state index contributed by atoms with van der Waals surface area (Å²) in [5.74, 6) is 0. The van der Waals surface area contributed by atoms with Crippen molar-refractivity contribution in [3.8, 4) is 0 Å². The van der Waals surface area contributed by atoms with Gasteiger partial charge in [-0.05, 0) is 23.8 Å². The number of nitrogens with zero attached hydrogens (tertiary/aromatic N) is 1. The molecule has 0 saturated carbocycles. The molecule has 1 heterocycles. The first-order valence-electron chi connectivity index (χ1n) is 3.93. The van der Waals surface area contributed by atoms with Gasteiger partial charge in [0.25, 0.3) is 0 Å². The topological polar surface area (TPSA) is 38.9 Å². The third-order valence-electron chi connectivity index (χ3n) is 1.89. The van der Waals surface area contributed by atoms with Crippen molar-refractivity contribution in [2.45, 2.75) is 6.42 Å². The average Bonchev–Trinajstić information content (AvgIpc) is 2.54. The molecule has 1 aliphatic carbocycles. The number of aromatic nitrogens is 1. The monoisotopic (exact) mass is 158 g/mol. The van der Waals surface area contributed by atoms with Gasteiger partial charge in [0.2, 0.25) is 0 Å². The van der Waals surface area contributed by atoms with Crippen LogP contribution in [0.15, 0.2) is 42.2 Å². The predicted molar refractivity (Wildman–Crippen MR) is 49.1 cm³/mol. The van der Waals surface area contributed by atoms with Gasteiger partial charge in [0, 0.05) is 18.3 Å². The molecule has 0 fully saturated rings. The average molecular weight is 158 g/mol. The lowest BCUT2D eigenvalue weighted by molar-refractivity contribution is 1.17. The van der Waals surface area contributed by atoms with Crippen molar-refractivity contribution in [1.29, 1.82) is 0 Å². The molecule has 60 valence electrons. The number of nitrogens with two attached hydrogens (primary N) is 1. The zero-order valence-corrected chi connectivity index (χ0v) is 6.70. The normalized spacial score (nSPS) is 15.7. The standard InChI is InChI=1S/C10H10N2/c11-9-5-4-8(7-9)10-3-1-2-6-12-10/h1-6H,7,11H2. The lowest BCUT2D eigenvalue weighted by Gasteiger charge is -2.00. The molecule has 2 N–H and O–H groups in total. The van der Waals surface area contributed by atoms with Crippen LogP contribution < -0.4 is 5.73 Å². The fraction of sp³-hybridized carbons (Fsp3) is 0.100. The summed E-state index contributed by atoms with van der Waals surface area (Å²) in [6, 6.07) is 5.89. The van der Waals surface area contributed by atoms with Crippen LogP contribution in [0.5, 0.6) is 0 Å². The van der Waals surface area contributed by atoms with Crippen LogP contribution in [-0.2, 0) is 0 Å². The highest BCUT2D eigenvalue weighted by molar-refractivity contribution is 5.69. The first kappa shape index (κ1) is 7.10. The van der Waals surface area contributed by atoms with Crippen molar-refractivity contribution < 1.29 is 0 Å². The maximum atomic E-state index is 5.64. The lowest BCUT2D eigenvalue weighted by atomic mass is 10.1. The van der Waals surface area contributed by atoms with Crippen LogP contribution in [0, 0.1) is 0 Å². The van der Waals surface area contributed by atoms with Crippen molar-refractivity contribution in [2.75, 3.05) is 0 Å². The molecule has 0 aliphatic heterocycles. The fourth-order valence-corrected chi connectivity index (χ4v) is 1.27. The molecule has 0 bridgehead atoms. The summed E-state index contributed by atoms with van der Waals surface area (Å²) >= 11 is 0. The lowest BCUT2D eigenvalue weighted by Crippen LogP contribution is -1.94. The fourth-order valence-electron chi connectivity index (χ4n) is 1.27. The Labute approximate surface area is 71.4 Å². The number of allylic oxidation sites excluding steroid dienone is 3. The summed E-state index contributed by atoms with van der Waals surface area (Å²) in [6.07, 6.45) is 6.59. The van der Waals surface area contributed by atoms with Crippen molar-refractivity contribution in [1.82, 2.24) is 4.98 Å². The quantitative estimate of drug-likeness (QED) is 0.675. The zero-order chi connectivity index (χ0) is 8.39. The van der Waals surface area contributed by atoms with E-state index in [4.69, 9.17) is 5.73 Å². The Morgan fingerprint density at radius 2 is 2.17 bits per heavy atom. The summed E-state index contributed by atoms with van der Waals surface area (Å²) in [7, 11) is 0. The summed E-state index contributed by atoms with van der Waals surface area (Å²) < 4.78 is 0. The Hall–Kier alpha value is -1.57. The van der Waals surface area contributed by atoms with Gasteiger partial charge in [0.05, 0.1) is 5.69 Å². The Morgan fingerprint density at radius 1 is 1.25 bits per heavy atom. The Morgan fingerprint density at radius 3 is 2.75 bits per heavy atom. The van der Waals surface area contributed by atoms with E-state index >= 15 is 0 Å². The van der Waals surface area contributed by atoms with E-state index in [1.165, 1.54) is 5.57 Å². The van der Waals surface area contributed by atoms with E-state index in [0.29, 0.717) is 0 Å².